The molecule has 0 bridgehead atoms. The summed E-state index contributed by atoms with van der Waals surface area (Å²) in [6.07, 6.45) is 0. The predicted molar refractivity (Wildman–Crippen MR) is 174 cm³/mol. The maximum Gasteiger partial charge on any atom is 0.0980 e. The molecular weight excluding hydrogens is 525 g/mol. The molecule has 9 aromatic rings. The van der Waals surface area contributed by atoms with E-state index < -0.39 is 0 Å². The van der Waals surface area contributed by atoms with Crippen molar-refractivity contribution in [1.29, 1.82) is 0 Å². The number of rotatable bonds is 2. The Morgan fingerprint density at radius 2 is 0.875 bits per heavy atom. The minimum atomic E-state index is 0.905. The average Bonchev–Trinajstić information content (AvgIpc) is 3.59. The van der Waals surface area contributed by atoms with E-state index in [1.807, 2.05) is 34.8 Å². The highest BCUT2D eigenvalue weighted by molar-refractivity contribution is 7.26. The van der Waals surface area contributed by atoms with Gasteiger partial charge in [0.15, 0.2) is 0 Å². The van der Waals surface area contributed by atoms with Gasteiger partial charge in [0.2, 0.25) is 0 Å². The van der Waals surface area contributed by atoms with E-state index in [9.17, 15) is 0 Å². The van der Waals surface area contributed by atoms with Crippen LogP contribution in [0.3, 0.4) is 0 Å². The monoisotopic (exact) mass is 544 g/mol. The van der Waals surface area contributed by atoms with Crippen LogP contribution >= 0.6 is 22.7 Å². The van der Waals surface area contributed by atoms with E-state index in [-0.39, 0.29) is 0 Å². The van der Waals surface area contributed by atoms with Gasteiger partial charge >= 0.3 is 0 Å². The first-order valence-corrected chi connectivity index (χ1v) is 15.0. The molecule has 6 aromatic carbocycles. The lowest BCUT2D eigenvalue weighted by atomic mass is 9.94. The lowest BCUT2D eigenvalue weighted by molar-refractivity contribution is 1.30. The molecule has 0 aliphatic carbocycles. The van der Waals surface area contributed by atoms with Gasteiger partial charge in [-0.3, -0.25) is 0 Å². The highest BCUT2D eigenvalue weighted by atomic mass is 32.1. The van der Waals surface area contributed by atoms with Crippen molar-refractivity contribution < 1.29 is 0 Å². The molecule has 0 saturated carbocycles. The second-order valence-electron chi connectivity index (χ2n) is 10.1. The van der Waals surface area contributed by atoms with E-state index in [4.69, 9.17) is 9.97 Å². The van der Waals surface area contributed by atoms with Gasteiger partial charge in [0.1, 0.15) is 0 Å². The van der Waals surface area contributed by atoms with Crippen molar-refractivity contribution in [3.8, 4) is 22.5 Å². The summed E-state index contributed by atoms with van der Waals surface area (Å²) < 4.78 is 5.18. The number of nitrogens with zero attached hydrogens (tertiary/aromatic N) is 2. The molecule has 4 heteroatoms. The molecule has 2 nitrogen and oxygen atoms in total. The molecular formula is C36H20N2S2. The van der Waals surface area contributed by atoms with Crippen molar-refractivity contribution in [2.24, 2.45) is 0 Å². The van der Waals surface area contributed by atoms with Crippen molar-refractivity contribution >= 4 is 84.8 Å². The fourth-order valence-electron chi connectivity index (χ4n) is 6.14. The molecule has 0 fully saturated rings. The molecule has 0 unspecified atom stereocenters. The van der Waals surface area contributed by atoms with Crippen LogP contribution in [0.15, 0.2) is 121 Å². The van der Waals surface area contributed by atoms with E-state index >= 15 is 0 Å². The Morgan fingerprint density at radius 1 is 0.350 bits per heavy atom. The van der Waals surface area contributed by atoms with Gasteiger partial charge < -0.3 is 0 Å². The van der Waals surface area contributed by atoms with E-state index in [2.05, 4.69) is 109 Å². The van der Waals surface area contributed by atoms with Gasteiger partial charge in [-0.2, -0.15) is 0 Å². The maximum atomic E-state index is 5.32. The van der Waals surface area contributed by atoms with Crippen LogP contribution in [-0.4, -0.2) is 9.97 Å². The fraction of sp³-hybridized carbons (Fsp3) is 0. The van der Waals surface area contributed by atoms with Crippen LogP contribution in [0.2, 0.25) is 0 Å². The van der Waals surface area contributed by atoms with E-state index in [0.29, 0.717) is 0 Å². The van der Waals surface area contributed by atoms with E-state index in [1.165, 1.54) is 51.1 Å². The average molecular weight is 545 g/mol. The van der Waals surface area contributed by atoms with E-state index in [1.54, 1.807) is 0 Å². The van der Waals surface area contributed by atoms with Crippen molar-refractivity contribution in [2.75, 3.05) is 0 Å². The van der Waals surface area contributed by atoms with Gasteiger partial charge in [-0.05, 0) is 47.2 Å². The van der Waals surface area contributed by atoms with Crippen LogP contribution in [0, 0.1) is 0 Å². The first kappa shape index (κ1) is 22.2. The predicted octanol–water partition coefficient (Wildman–Crippen LogP) is 10.9. The summed E-state index contributed by atoms with van der Waals surface area (Å²) in [5.74, 6) is 0. The molecule has 3 heterocycles. The van der Waals surface area contributed by atoms with Crippen molar-refractivity contribution in [3.63, 3.8) is 0 Å². The molecule has 3 aromatic heterocycles. The zero-order chi connectivity index (χ0) is 26.2. The number of hydrogen-bond acceptors (Lipinski definition) is 4. The molecule has 0 saturated heterocycles. The summed E-state index contributed by atoms with van der Waals surface area (Å²) in [5.41, 5.74) is 5.90. The van der Waals surface area contributed by atoms with Gasteiger partial charge in [-0.1, -0.05) is 84.9 Å². The third-order valence-corrected chi connectivity index (χ3v) is 10.2. The molecule has 0 aliphatic heterocycles. The fourth-order valence-corrected chi connectivity index (χ4v) is 8.39. The standard InChI is InChI=1S/C36H20N2S2/c1-5-16-29-24(9-1)33-22-11-7-12-23(21(22)19-20-32(33)40-29)35-36(38-28-15-4-3-14-27(28)37-35)26-13-8-18-31-34(26)25-10-2-6-17-30(25)39-31/h1-20H. The Hall–Kier alpha value is -4.64. The summed E-state index contributed by atoms with van der Waals surface area (Å²) >= 11 is 3.69. The number of fused-ring (bicyclic) bond motifs is 9. The molecule has 0 aliphatic rings. The number of para-hydroxylation sites is 2. The minimum absolute atomic E-state index is 0.905. The molecule has 0 spiro atoms. The van der Waals surface area contributed by atoms with Crippen LogP contribution in [0.4, 0.5) is 0 Å². The zero-order valence-electron chi connectivity index (χ0n) is 21.3. The van der Waals surface area contributed by atoms with Crippen LogP contribution in [0.5, 0.6) is 0 Å². The number of thiophene rings is 2. The normalized spacial score (nSPS) is 12.0. The SMILES string of the molecule is c1ccc2nc(-c3cccc4sc5ccccc5c34)c(-c3cccc4c3ccc3sc5ccccc5c34)nc2c1. The van der Waals surface area contributed by atoms with Gasteiger partial charge in [0, 0.05) is 51.5 Å². The maximum absolute atomic E-state index is 5.32. The minimum Gasteiger partial charge on any atom is -0.244 e. The number of aromatic nitrogens is 2. The smallest absolute Gasteiger partial charge is 0.0980 e. The Labute approximate surface area is 237 Å². The first-order chi connectivity index (χ1) is 19.8. The second kappa shape index (κ2) is 8.43. The van der Waals surface area contributed by atoms with Gasteiger partial charge in [0.25, 0.3) is 0 Å². The van der Waals surface area contributed by atoms with Crippen molar-refractivity contribution in [2.45, 2.75) is 0 Å². The molecule has 9 rings (SSSR count). The molecule has 0 amide bonds. The molecule has 0 atom stereocenters. The molecule has 186 valence electrons. The quantitative estimate of drug-likeness (QED) is 0.216. The molecule has 0 radical (unpaired) electrons. The topological polar surface area (TPSA) is 25.8 Å². The first-order valence-electron chi connectivity index (χ1n) is 13.3. The van der Waals surface area contributed by atoms with Crippen LogP contribution in [-0.2, 0) is 0 Å². The zero-order valence-corrected chi connectivity index (χ0v) is 22.9. The lowest BCUT2D eigenvalue weighted by Crippen LogP contribution is -1.96. The Kier molecular flexibility index (Phi) is 4.68. The summed E-state index contributed by atoms with van der Waals surface area (Å²) in [6.45, 7) is 0. The Balaban J connectivity index is 1.42. The summed E-state index contributed by atoms with van der Waals surface area (Å²) in [6, 6.07) is 43.3. The third kappa shape index (κ3) is 3.15. The molecule has 40 heavy (non-hydrogen) atoms. The summed E-state index contributed by atoms with van der Waals surface area (Å²) in [5, 5.41) is 7.61. The van der Waals surface area contributed by atoms with Crippen LogP contribution in [0.1, 0.15) is 0 Å². The van der Waals surface area contributed by atoms with Crippen LogP contribution in [0.25, 0.3) is 84.7 Å². The Bertz CT molecular complexity index is 2450. The summed E-state index contributed by atoms with van der Waals surface area (Å²) in [4.78, 5) is 10.6. The van der Waals surface area contributed by atoms with Crippen molar-refractivity contribution in [3.05, 3.63) is 121 Å². The van der Waals surface area contributed by atoms with Crippen molar-refractivity contribution in [1.82, 2.24) is 9.97 Å². The van der Waals surface area contributed by atoms with Crippen LogP contribution < -0.4 is 0 Å². The number of hydrogen-bond donors (Lipinski definition) is 0. The lowest BCUT2D eigenvalue weighted by Gasteiger charge is -2.14. The Morgan fingerprint density at radius 3 is 1.62 bits per heavy atom. The highest BCUT2D eigenvalue weighted by Gasteiger charge is 2.20. The molecule has 0 N–H and O–H groups in total. The van der Waals surface area contributed by atoms with E-state index in [0.717, 1.165) is 33.5 Å². The van der Waals surface area contributed by atoms with Gasteiger partial charge in [-0.15, -0.1) is 22.7 Å². The summed E-state index contributed by atoms with van der Waals surface area (Å²) in [7, 11) is 0. The second-order valence-corrected chi connectivity index (χ2v) is 12.3. The third-order valence-electron chi connectivity index (χ3n) is 7.88. The van der Waals surface area contributed by atoms with Gasteiger partial charge in [0.05, 0.1) is 22.4 Å². The number of benzene rings is 6. The highest BCUT2D eigenvalue weighted by Crippen LogP contribution is 2.45. The largest absolute Gasteiger partial charge is 0.244 e. The van der Waals surface area contributed by atoms with Gasteiger partial charge in [-0.25, -0.2) is 9.97 Å².